The lowest BCUT2D eigenvalue weighted by Gasteiger charge is -2.11. The molecule has 1 aromatic carbocycles. The van der Waals surface area contributed by atoms with E-state index in [0.717, 1.165) is 23.6 Å². The van der Waals surface area contributed by atoms with Gasteiger partial charge in [-0.3, -0.25) is 10.1 Å². The summed E-state index contributed by atoms with van der Waals surface area (Å²) in [4.78, 5) is 25.8. The molecule has 0 atom stereocenters. The van der Waals surface area contributed by atoms with E-state index in [9.17, 15) is 9.59 Å². The number of hydrogen-bond donors (Lipinski definition) is 3. The lowest BCUT2D eigenvalue weighted by molar-refractivity contribution is 0.0998. The second-order valence-electron chi connectivity index (χ2n) is 6.01. The third-order valence-electron chi connectivity index (χ3n) is 3.47. The molecule has 3 amide bonds. The molecule has 0 radical (unpaired) electrons. The van der Waals surface area contributed by atoms with E-state index in [-0.39, 0.29) is 11.6 Å². The number of carbonyl (C=O) groups excluding carboxylic acids is 2. The van der Waals surface area contributed by atoms with E-state index in [4.69, 9.17) is 5.73 Å². The highest BCUT2D eigenvalue weighted by atomic mass is 32.2. The summed E-state index contributed by atoms with van der Waals surface area (Å²) >= 11 is 2.48. The number of aryl methyl sites for hydroxylation is 1. The maximum atomic E-state index is 12.0. The summed E-state index contributed by atoms with van der Waals surface area (Å²) in [5, 5.41) is 6.30. The van der Waals surface area contributed by atoms with Gasteiger partial charge in [0.05, 0.1) is 0 Å². The van der Waals surface area contributed by atoms with Crippen molar-refractivity contribution in [1.29, 1.82) is 0 Å². The number of benzene rings is 1. The van der Waals surface area contributed by atoms with Crippen LogP contribution in [0.3, 0.4) is 0 Å². The first kappa shape index (κ1) is 20.2. The van der Waals surface area contributed by atoms with E-state index in [2.05, 4.69) is 15.0 Å². The summed E-state index contributed by atoms with van der Waals surface area (Å²) < 4.78 is 4.28. The van der Waals surface area contributed by atoms with Gasteiger partial charge in [0.15, 0.2) is 0 Å². The third kappa shape index (κ3) is 6.01. The van der Waals surface area contributed by atoms with Gasteiger partial charge in [0.2, 0.25) is 0 Å². The number of rotatable bonds is 8. The molecule has 2 rings (SSSR count). The second kappa shape index (κ2) is 9.56. The largest absolute Gasteiger partial charge is 0.365 e. The Kier molecular flexibility index (Phi) is 7.43. The molecule has 0 bridgehead atoms. The molecule has 2 aromatic rings. The molecule has 0 unspecified atom stereocenters. The van der Waals surface area contributed by atoms with Gasteiger partial charge >= 0.3 is 6.03 Å². The molecule has 4 N–H and O–H groups in total. The predicted molar refractivity (Wildman–Crippen MR) is 107 cm³/mol. The van der Waals surface area contributed by atoms with E-state index < -0.39 is 5.91 Å². The smallest absolute Gasteiger partial charge is 0.319 e. The number of carbonyl (C=O) groups is 2. The summed E-state index contributed by atoms with van der Waals surface area (Å²) in [5.74, 6) is 0.0624. The molecule has 26 heavy (non-hydrogen) atoms. The summed E-state index contributed by atoms with van der Waals surface area (Å²) in [5.41, 5.74) is 8.08. The van der Waals surface area contributed by atoms with Crippen molar-refractivity contribution in [3.05, 3.63) is 41.0 Å². The van der Waals surface area contributed by atoms with E-state index >= 15 is 0 Å². The Hall–Kier alpha value is -2.10. The van der Waals surface area contributed by atoms with Crippen molar-refractivity contribution in [2.45, 2.75) is 17.7 Å². The maximum Gasteiger partial charge on any atom is 0.319 e. The number of amides is 3. The zero-order valence-electron chi connectivity index (χ0n) is 15.0. The first-order chi connectivity index (χ1) is 12.4. The fourth-order valence-corrected chi connectivity index (χ4v) is 3.98. The monoisotopic (exact) mass is 393 g/mol. The minimum Gasteiger partial charge on any atom is -0.365 e. The van der Waals surface area contributed by atoms with Crippen LogP contribution in [0, 0.1) is 6.92 Å². The van der Waals surface area contributed by atoms with Crippen molar-refractivity contribution < 1.29 is 9.59 Å². The van der Waals surface area contributed by atoms with Crippen LogP contribution in [0.15, 0.2) is 29.3 Å². The van der Waals surface area contributed by atoms with Crippen LogP contribution in [0.5, 0.6) is 0 Å². The Morgan fingerprint density at radius 1 is 1.27 bits per heavy atom. The van der Waals surface area contributed by atoms with Crippen molar-refractivity contribution >= 4 is 40.2 Å². The molecule has 0 fully saturated rings. The zero-order chi connectivity index (χ0) is 19.1. The Labute approximate surface area is 161 Å². The van der Waals surface area contributed by atoms with Gasteiger partial charge in [0.1, 0.15) is 15.6 Å². The Morgan fingerprint density at radius 2 is 1.96 bits per heavy atom. The summed E-state index contributed by atoms with van der Waals surface area (Å²) in [6.07, 6.45) is 0. The highest BCUT2D eigenvalue weighted by Crippen LogP contribution is 2.33. The number of nitrogens with two attached hydrogens (primary N) is 1. The Bertz CT molecular complexity index is 759. The van der Waals surface area contributed by atoms with Gasteiger partial charge in [-0.1, -0.05) is 41.6 Å². The van der Waals surface area contributed by atoms with E-state index in [1.807, 2.05) is 50.2 Å². The van der Waals surface area contributed by atoms with Crippen LogP contribution in [-0.2, 0) is 5.75 Å². The van der Waals surface area contributed by atoms with Crippen LogP contribution in [0.4, 0.5) is 9.80 Å². The van der Waals surface area contributed by atoms with E-state index in [0.29, 0.717) is 22.3 Å². The Balaban J connectivity index is 2.01. The number of urea groups is 1. The predicted octanol–water partition coefficient (Wildman–Crippen LogP) is 2.53. The molecule has 0 aliphatic heterocycles. The molecular formula is C17H23N5O2S2. The highest BCUT2D eigenvalue weighted by molar-refractivity contribution is 7.98. The van der Waals surface area contributed by atoms with Gasteiger partial charge in [0.25, 0.3) is 5.91 Å². The molecule has 1 heterocycles. The fourth-order valence-electron chi connectivity index (χ4n) is 2.05. The topological polar surface area (TPSA) is 100 Å². The molecule has 0 spiro atoms. The number of thioether (sulfide) groups is 1. The number of nitrogens with one attached hydrogen (secondary N) is 2. The van der Waals surface area contributed by atoms with E-state index in [1.165, 1.54) is 17.3 Å². The molecule has 1 aromatic heterocycles. The number of hydrogen-bond acceptors (Lipinski definition) is 6. The zero-order valence-corrected chi connectivity index (χ0v) is 16.7. The summed E-state index contributed by atoms with van der Waals surface area (Å²) in [7, 11) is 3.84. The van der Waals surface area contributed by atoms with Gasteiger partial charge in [0, 0.05) is 18.8 Å². The van der Waals surface area contributed by atoms with Crippen molar-refractivity contribution in [3.63, 3.8) is 0 Å². The van der Waals surface area contributed by atoms with Crippen molar-refractivity contribution in [3.8, 4) is 0 Å². The fraction of sp³-hybridized carbons (Fsp3) is 0.353. The quantitative estimate of drug-likeness (QED) is 0.599. The SMILES string of the molecule is Cc1ccc(CSc2nsc(NC(=O)NCCN(C)C)c2C(N)=O)cc1. The maximum absolute atomic E-state index is 12.0. The van der Waals surface area contributed by atoms with Crippen LogP contribution in [0.2, 0.25) is 0 Å². The molecule has 140 valence electrons. The number of primary amides is 1. The average molecular weight is 394 g/mol. The first-order valence-corrected chi connectivity index (χ1v) is 9.80. The highest BCUT2D eigenvalue weighted by Gasteiger charge is 2.20. The lowest BCUT2D eigenvalue weighted by Crippen LogP contribution is -2.34. The molecule has 0 saturated heterocycles. The molecule has 9 heteroatoms. The van der Waals surface area contributed by atoms with Gasteiger partial charge in [-0.05, 0) is 38.1 Å². The van der Waals surface area contributed by atoms with E-state index in [1.54, 1.807) is 0 Å². The average Bonchev–Trinajstić information content (AvgIpc) is 2.96. The number of nitrogens with zero attached hydrogens (tertiary/aromatic N) is 2. The van der Waals surface area contributed by atoms with Crippen LogP contribution >= 0.6 is 23.3 Å². The van der Waals surface area contributed by atoms with Gasteiger partial charge in [-0.2, -0.15) is 4.37 Å². The molecule has 7 nitrogen and oxygen atoms in total. The minimum absolute atomic E-state index is 0.259. The second-order valence-corrected chi connectivity index (χ2v) is 7.75. The van der Waals surface area contributed by atoms with Crippen molar-refractivity contribution in [2.75, 3.05) is 32.5 Å². The number of aromatic nitrogens is 1. The Morgan fingerprint density at radius 3 is 2.58 bits per heavy atom. The standard InChI is InChI=1S/C17H23N5O2S2/c1-11-4-6-12(7-5-11)10-25-16-13(14(18)23)15(26-21-16)20-17(24)19-8-9-22(2)3/h4-7H,8-10H2,1-3H3,(H2,18,23)(H2,19,20,24). The molecule has 0 aliphatic carbocycles. The van der Waals surface area contributed by atoms with Crippen molar-refractivity contribution in [1.82, 2.24) is 14.6 Å². The van der Waals surface area contributed by atoms with Gasteiger partial charge < -0.3 is 16.0 Å². The summed E-state index contributed by atoms with van der Waals surface area (Å²) in [6.45, 7) is 3.25. The van der Waals surface area contributed by atoms with Crippen LogP contribution in [-0.4, -0.2) is 48.4 Å². The number of anilines is 1. The first-order valence-electron chi connectivity index (χ1n) is 8.04. The molecular weight excluding hydrogens is 370 g/mol. The van der Waals surface area contributed by atoms with Gasteiger partial charge in [-0.25, -0.2) is 4.79 Å². The van der Waals surface area contributed by atoms with Crippen molar-refractivity contribution in [2.24, 2.45) is 5.73 Å². The van der Waals surface area contributed by atoms with Crippen LogP contribution < -0.4 is 16.4 Å². The summed E-state index contributed by atoms with van der Waals surface area (Å²) in [6, 6.07) is 7.77. The minimum atomic E-state index is -0.603. The third-order valence-corrected chi connectivity index (χ3v) is 5.40. The number of likely N-dealkylation sites (N-methyl/N-ethyl adjacent to an activating group) is 1. The van der Waals surface area contributed by atoms with Crippen LogP contribution in [0.1, 0.15) is 21.5 Å². The molecule has 0 saturated carbocycles. The normalized spacial score (nSPS) is 10.8. The molecule has 0 aliphatic rings. The lowest BCUT2D eigenvalue weighted by atomic mass is 10.2. The van der Waals surface area contributed by atoms with Crippen LogP contribution in [0.25, 0.3) is 0 Å². The van der Waals surface area contributed by atoms with Gasteiger partial charge in [-0.15, -0.1) is 0 Å².